The Morgan fingerprint density at radius 3 is 2.88 bits per heavy atom. The van der Waals surface area contributed by atoms with Crippen LogP contribution >= 0.6 is 0 Å². The zero-order valence-corrected chi connectivity index (χ0v) is 11.0. The first-order valence-electron chi connectivity index (χ1n) is 7.42. The van der Waals surface area contributed by atoms with Gasteiger partial charge in [-0.3, -0.25) is 4.90 Å². The second kappa shape index (κ2) is 5.25. The van der Waals surface area contributed by atoms with Crippen molar-refractivity contribution in [2.75, 3.05) is 26.2 Å². The highest BCUT2D eigenvalue weighted by Gasteiger charge is 2.35. The van der Waals surface area contributed by atoms with Gasteiger partial charge in [0.2, 0.25) is 0 Å². The minimum atomic E-state index is 0.462. The number of nitrogens with one attached hydrogen (secondary N) is 1. The minimum Gasteiger partial charge on any atom is -0.378 e. The Balaban J connectivity index is 1.59. The Hall–Kier alpha value is -0.120. The Bertz CT molecular complexity index is 255. The van der Waals surface area contributed by atoms with Crippen LogP contribution in [0.5, 0.6) is 0 Å². The smallest absolute Gasteiger partial charge is 0.0561 e. The van der Waals surface area contributed by atoms with Crippen LogP contribution in [0.3, 0.4) is 0 Å². The van der Waals surface area contributed by atoms with Crippen molar-refractivity contribution in [1.82, 2.24) is 10.2 Å². The largest absolute Gasteiger partial charge is 0.378 e. The summed E-state index contributed by atoms with van der Waals surface area (Å²) in [5.74, 6) is 0.980. The van der Waals surface area contributed by atoms with Gasteiger partial charge in [0.1, 0.15) is 0 Å². The van der Waals surface area contributed by atoms with E-state index in [1.165, 1.54) is 51.7 Å². The third kappa shape index (κ3) is 3.01. The van der Waals surface area contributed by atoms with Crippen LogP contribution in [0.25, 0.3) is 0 Å². The van der Waals surface area contributed by atoms with Crippen molar-refractivity contribution in [3.05, 3.63) is 0 Å². The van der Waals surface area contributed by atoms with E-state index in [9.17, 15) is 0 Å². The summed E-state index contributed by atoms with van der Waals surface area (Å²) in [4.78, 5) is 2.75. The van der Waals surface area contributed by atoms with E-state index in [0.29, 0.717) is 6.10 Å². The van der Waals surface area contributed by atoms with Crippen LogP contribution in [0.4, 0.5) is 0 Å². The molecule has 0 aromatic heterocycles. The molecule has 2 saturated heterocycles. The first-order chi connectivity index (χ1) is 8.33. The highest BCUT2D eigenvalue weighted by Crippen LogP contribution is 2.34. The number of rotatable bonds is 2. The average Bonchev–Trinajstić information content (AvgIpc) is 3.15. The minimum absolute atomic E-state index is 0.462. The zero-order valence-electron chi connectivity index (χ0n) is 11.0. The molecule has 0 bridgehead atoms. The fourth-order valence-electron chi connectivity index (χ4n) is 3.43. The van der Waals surface area contributed by atoms with Gasteiger partial charge in [0.15, 0.2) is 0 Å². The van der Waals surface area contributed by atoms with Crippen LogP contribution in [0, 0.1) is 5.92 Å². The Morgan fingerprint density at radius 2 is 2.12 bits per heavy atom. The topological polar surface area (TPSA) is 24.5 Å². The predicted molar refractivity (Wildman–Crippen MR) is 69.1 cm³/mol. The monoisotopic (exact) mass is 238 g/mol. The van der Waals surface area contributed by atoms with E-state index in [0.717, 1.165) is 24.6 Å². The summed E-state index contributed by atoms with van der Waals surface area (Å²) in [7, 11) is 0. The Kier molecular flexibility index (Phi) is 3.69. The van der Waals surface area contributed by atoms with Crippen molar-refractivity contribution in [3.63, 3.8) is 0 Å². The van der Waals surface area contributed by atoms with Crippen molar-refractivity contribution >= 4 is 0 Å². The van der Waals surface area contributed by atoms with E-state index in [4.69, 9.17) is 4.74 Å². The number of ether oxygens (including phenoxy) is 1. The number of hydrogen-bond donors (Lipinski definition) is 1. The molecular formula is C14H26N2O. The van der Waals surface area contributed by atoms with Gasteiger partial charge in [-0.2, -0.15) is 0 Å². The fraction of sp³-hybridized carbons (Fsp3) is 1.00. The van der Waals surface area contributed by atoms with E-state index in [-0.39, 0.29) is 0 Å². The highest BCUT2D eigenvalue weighted by atomic mass is 16.5. The summed E-state index contributed by atoms with van der Waals surface area (Å²) >= 11 is 0. The Labute approximate surface area is 105 Å². The molecule has 17 heavy (non-hydrogen) atoms. The highest BCUT2D eigenvalue weighted by molar-refractivity contribution is 4.92. The predicted octanol–water partition coefficient (Wildman–Crippen LogP) is 1.63. The Morgan fingerprint density at radius 1 is 1.24 bits per heavy atom. The van der Waals surface area contributed by atoms with Crippen molar-refractivity contribution in [3.8, 4) is 0 Å². The molecule has 0 spiro atoms. The molecule has 0 amide bonds. The van der Waals surface area contributed by atoms with Gasteiger partial charge in [-0.25, -0.2) is 0 Å². The van der Waals surface area contributed by atoms with E-state index < -0.39 is 0 Å². The fourth-order valence-corrected chi connectivity index (χ4v) is 3.43. The van der Waals surface area contributed by atoms with Crippen LogP contribution in [0.1, 0.15) is 39.0 Å². The zero-order chi connectivity index (χ0) is 11.7. The molecule has 0 aromatic rings. The summed E-state index contributed by atoms with van der Waals surface area (Å²) in [5.41, 5.74) is 0. The molecule has 3 aliphatic rings. The standard InChI is InChI=1S/C14H26N2O/c1-11-9-13(5-8-17-11)16-7-2-6-15-14(10-16)12-3-4-12/h11-15H,2-10H2,1H3. The second-order valence-electron chi connectivity index (χ2n) is 6.11. The number of hydrogen-bond acceptors (Lipinski definition) is 3. The van der Waals surface area contributed by atoms with Gasteiger partial charge in [0.25, 0.3) is 0 Å². The van der Waals surface area contributed by atoms with E-state index in [1.807, 2.05) is 0 Å². The van der Waals surface area contributed by atoms with Crippen LogP contribution < -0.4 is 5.32 Å². The quantitative estimate of drug-likeness (QED) is 0.791. The summed E-state index contributed by atoms with van der Waals surface area (Å²) in [6.07, 6.45) is 7.16. The molecule has 1 saturated carbocycles. The lowest BCUT2D eigenvalue weighted by molar-refractivity contribution is -0.0180. The van der Waals surface area contributed by atoms with Crippen molar-refractivity contribution in [2.45, 2.75) is 57.2 Å². The molecule has 3 nitrogen and oxygen atoms in total. The third-order valence-electron chi connectivity index (χ3n) is 4.62. The van der Waals surface area contributed by atoms with E-state index in [1.54, 1.807) is 0 Å². The molecule has 2 heterocycles. The van der Waals surface area contributed by atoms with Crippen molar-refractivity contribution < 1.29 is 4.74 Å². The second-order valence-corrected chi connectivity index (χ2v) is 6.11. The average molecular weight is 238 g/mol. The molecule has 3 rings (SSSR count). The SMILES string of the molecule is CC1CC(N2CCCNC(C3CC3)C2)CCO1. The van der Waals surface area contributed by atoms with Crippen LogP contribution in [-0.2, 0) is 4.74 Å². The molecule has 3 heteroatoms. The van der Waals surface area contributed by atoms with E-state index in [2.05, 4.69) is 17.1 Å². The maximum Gasteiger partial charge on any atom is 0.0561 e. The van der Waals surface area contributed by atoms with Gasteiger partial charge in [0, 0.05) is 25.2 Å². The maximum absolute atomic E-state index is 5.67. The van der Waals surface area contributed by atoms with Gasteiger partial charge in [0.05, 0.1) is 6.10 Å². The summed E-state index contributed by atoms with van der Waals surface area (Å²) in [6, 6.07) is 1.55. The molecule has 3 unspecified atom stereocenters. The van der Waals surface area contributed by atoms with Crippen molar-refractivity contribution in [2.24, 2.45) is 5.92 Å². The third-order valence-corrected chi connectivity index (χ3v) is 4.62. The lowest BCUT2D eigenvalue weighted by Gasteiger charge is -2.37. The molecule has 1 N–H and O–H groups in total. The first-order valence-corrected chi connectivity index (χ1v) is 7.42. The molecule has 98 valence electrons. The van der Waals surface area contributed by atoms with Gasteiger partial charge in [-0.05, 0) is 58.0 Å². The van der Waals surface area contributed by atoms with E-state index >= 15 is 0 Å². The molecule has 0 aromatic carbocycles. The molecule has 3 atom stereocenters. The molecule has 3 fully saturated rings. The maximum atomic E-state index is 5.67. The van der Waals surface area contributed by atoms with Crippen LogP contribution in [-0.4, -0.2) is 49.3 Å². The van der Waals surface area contributed by atoms with Crippen LogP contribution in [0.2, 0.25) is 0 Å². The lowest BCUT2D eigenvalue weighted by Crippen LogP contribution is -2.46. The molecule has 1 aliphatic carbocycles. The van der Waals surface area contributed by atoms with Crippen molar-refractivity contribution in [1.29, 1.82) is 0 Å². The first kappa shape index (κ1) is 11.9. The van der Waals surface area contributed by atoms with Gasteiger partial charge < -0.3 is 10.1 Å². The molecule has 0 radical (unpaired) electrons. The summed E-state index contributed by atoms with van der Waals surface area (Å²) in [5, 5.41) is 3.75. The van der Waals surface area contributed by atoms with Gasteiger partial charge in [-0.1, -0.05) is 0 Å². The normalized spacial score (nSPS) is 41.1. The number of nitrogens with zero attached hydrogens (tertiary/aromatic N) is 1. The van der Waals surface area contributed by atoms with Crippen LogP contribution in [0.15, 0.2) is 0 Å². The lowest BCUT2D eigenvalue weighted by atomic mass is 10.0. The summed E-state index contributed by atoms with van der Waals surface area (Å²) in [6.45, 7) is 6.97. The molecular weight excluding hydrogens is 212 g/mol. The van der Waals surface area contributed by atoms with Gasteiger partial charge in [-0.15, -0.1) is 0 Å². The summed E-state index contributed by atoms with van der Waals surface area (Å²) < 4.78 is 5.67. The molecule has 2 aliphatic heterocycles. The van der Waals surface area contributed by atoms with Gasteiger partial charge >= 0.3 is 0 Å².